The molecule has 114 valence electrons. The number of amides is 1. The molecule has 1 amide bonds. The van der Waals surface area contributed by atoms with Crippen LogP contribution in [0.25, 0.3) is 0 Å². The lowest BCUT2D eigenvalue weighted by Crippen LogP contribution is -2.35. The average Bonchev–Trinajstić information content (AvgIpc) is 2.89. The molecular weight excluding hydrogens is 292 g/mol. The normalized spacial score (nSPS) is 11.1. The number of carbonyl (C=O) groups is 1. The standard InChI is InChI=1S/C12H17F2NO4S/c1-18-7-5-15(4-6-16)11(17)10-3-2-9(19-10)8-20-12(13)14/h2-3,12,16H,4-8H2,1H3. The summed E-state index contributed by atoms with van der Waals surface area (Å²) in [6, 6.07) is 2.94. The number of halogens is 2. The van der Waals surface area contributed by atoms with E-state index in [1.807, 2.05) is 0 Å². The molecule has 0 atom stereocenters. The largest absolute Gasteiger partial charge is 0.455 e. The predicted molar refractivity (Wildman–Crippen MR) is 70.9 cm³/mol. The molecule has 0 saturated heterocycles. The topological polar surface area (TPSA) is 62.9 Å². The first-order chi connectivity index (χ1) is 9.58. The van der Waals surface area contributed by atoms with Gasteiger partial charge in [-0.15, -0.1) is 0 Å². The smallest absolute Gasteiger partial charge is 0.289 e. The molecule has 5 nitrogen and oxygen atoms in total. The molecule has 0 radical (unpaired) electrons. The SMILES string of the molecule is COCCN(CCO)C(=O)c1ccc(CSC(F)F)o1. The highest BCUT2D eigenvalue weighted by Crippen LogP contribution is 2.21. The van der Waals surface area contributed by atoms with Crippen LogP contribution in [0.2, 0.25) is 0 Å². The van der Waals surface area contributed by atoms with Crippen LogP contribution in [-0.2, 0) is 10.5 Å². The first-order valence-corrected chi connectivity index (χ1v) is 7.01. The maximum absolute atomic E-state index is 12.1. The maximum Gasteiger partial charge on any atom is 0.289 e. The first kappa shape index (κ1) is 16.9. The zero-order valence-electron chi connectivity index (χ0n) is 11.1. The first-order valence-electron chi connectivity index (χ1n) is 5.96. The zero-order valence-corrected chi connectivity index (χ0v) is 11.9. The van der Waals surface area contributed by atoms with Crippen LogP contribution in [0.4, 0.5) is 8.78 Å². The summed E-state index contributed by atoms with van der Waals surface area (Å²) in [5.41, 5.74) is 0. The molecular formula is C12H17F2NO4S. The Morgan fingerprint density at radius 2 is 2.25 bits per heavy atom. The van der Waals surface area contributed by atoms with E-state index < -0.39 is 11.7 Å². The molecule has 1 rings (SSSR count). The molecule has 0 unspecified atom stereocenters. The molecule has 0 aliphatic rings. The minimum atomic E-state index is -2.48. The quantitative estimate of drug-likeness (QED) is 0.754. The van der Waals surface area contributed by atoms with E-state index in [1.54, 1.807) is 0 Å². The lowest BCUT2D eigenvalue weighted by molar-refractivity contribution is 0.0625. The summed E-state index contributed by atoms with van der Waals surface area (Å²) in [6.45, 7) is 0.631. The Balaban J connectivity index is 2.64. The number of nitrogens with zero attached hydrogens (tertiary/aromatic N) is 1. The van der Waals surface area contributed by atoms with Crippen molar-refractivity contribution in [3.8, 4) is 0 Å². The zero-order chi connectivity index (χ0) is 15.0. The second kappa shape index (κ2) is 8.93. The van der Waals surface area contributed by atoms with Crippen molar-refractivity contribution >= 4 is 17.7 Å². The van der Waals surface area contributed by atoms with Gasteiger partial charge >= 0.3 is 0 Å². The number of hydrogen-bond donors (Lipinski definition) is 1. The van der Waals surface area contributed by atoms with E-state index in [1.165, 1.54) is 24.1 Å². The Kier molecular flexibility index (Phi) is 7.56. The van der Waals surface area contributed by atoms with Crippen molar-refractivity contribution in [2.24, 2.45) is 0 Å². The van der Waals surface area contributed by atoms with Gasteiger partial charge in [0, 0.05) is 20.2 Å². The highest BCUT2D eigenvalue weighted by molar-refractivity contribution is 7.98. The molecule has 20 heavy (non-hydrogen) atoms. The number of ether oxygens (including phenoxy) is 1. The molecule has 0 aliphatic carbocycles. The number of alkyl halides is 2. The molecule has 0 bridgehead atoms. The summed E-state index contributed by atoms with van der Waals surface area (Å²) in [4.78, 5) is 13.5. The minimum Gasteiger partial charge on any atom is -0.455 e. The molecule has 0 spiro atoms. The summed E-state index contributed by atoms with van der Waals surface area (Å²) in [5.74, 6) is -2.49. The van der Waals surface area contributed by atoms with Crippen LogP contribution in [0.3, 0.4) is 0 Å². The van der Waals surface area contributed by atoms with E-state index in [0.717, 1.165) is 0 Å². The van der Waals surface area contributed by atoms with Gasteiger partial charge in [-0.25, -0.2) is 0 Å². The number of thioether (sulfide) groups is 1. The maximum atomic E-state index is 12.1. The molecule has 8 heteroatoms. The van der Waals surface area contributed by atoms with Crippen LogP contribution >= 0.6 is 11.8 Å². The van der Waals surface area contributed by atoms with Gasteiger partial charge in [-0.2, -0.15) is 8.78 Å². The molecule has 0 fully saturated rings. The predicted octanol–water partition coefficient (Wildman–Crippen LogP) is 1.82. The van der Waals surface area contributed by atoms with E-state index in [4.69, 9.17) is 14.3 Å². The average molecular weight is 309 g/mol. The summed E-state index contributed by atoms with van der Waals surface area (Å²) in [7, 11) is 1.51. The molecule has 1 heterocycles. The number of hydrogen-bond acceptors (Lipinski definition) is 5. The van der Waals surface area contributed by atoms with Crippen molar-refractivity contribution in [2.75, 3.05) is 33.4 Å². The summed E-state index contributed by atoms with van der Waals surface area (Å²) in [5, 5.41) is 8.93. The Morgan fingerprint density at radius 1 is 1.50 bits per heavy atom. The van der Waals surface area contributed by atoms with Gasteiger partial charge in [0.1, 0.15) is 5.76 Å². The van der Waals surface area contributed by atoms with E-state index in [9.17, 15) is 13.6 Å². The van der Waals surface area contributed by atoms with E-state index in [0.29, 0.717) is 30.7 Å². The fraction of sp³-hybridized carbons (Fsp3) is 0.583. The second-order valence-corrected chi connectivity index (χ2v) is 4.82. The van der Waals surface area contributed by atoms with Gasteiger partial charge in [-0.3, -0.25) is 4.79 Å². The Hall–Kier alpha value is -1.12. The monoisotopic (exact) mass is 309 g/mol. The van der Waals surface area contributed by atoms with Crippen molar-refractivity contribution in [3.63, 3.8) is 0 Å². The fourth-order valence-electron chi connectivity index (χ4n) is 1.51. The number of aliphatic hydroxyl groups is 1. The van der Waals surface area contributed by atoms with Crippen molar-refractivity contribution < 1.29 is 27.8 Å². The van der Waals surface area contributed by atoms with Crippen LogP contribution in [-0.4, -0.2) is 55.1 Å². The summed E-state index contributed by atoms with van der Waals surface area (Å²) >= 11 is 0.430. The van der Waals surface area contributed by atoms with Gasteiger partial charge in [0.2, 0.25) is 0 Å². The molecule has 1 N–H and O–H groups in total. The molecule has 1 aromatic rings. The van der Waals surface area contributed by atoms with Gasteiger partial charge in [0.15, 0.2) is 5.76 Å². The van der Waals surface area contributed by atoms with Crippen LogP contribution in [0.1, 0.15) is 16.3 Å². The minimum absolute atomic E-state index is 0.00299. The Bertz CT molecular complexity index is 414. The highest BCUT2D eigenvalue weighted by Gasteiger charge is 2.19. The summed E-state index contributed by atoms with van der Waals surface area (Å²) < 4.78 is 34.2. The van der Waals surface area contributed by atoms with Gasteiger partial charge in [-0.1, -0.05) is 11.8 Å². The van der Waals surface area contributed by atoms with Crippen molar-refractivity contribution in [3.05, 3.63) is 23.7 Å². The lowest BCUT2D eigenvalue weighted by atomic mass is 10.3. The van der Waals surface area contributed by atoms with Crippen molar-refractivity contribution in [1.82, 2.24) is 4.90 Å². The lowest BCUT2D eigenvalue weighted by Gasteiger charge is -2.19. The van der Waals surface area contributed by atoms with Crippen molar-refractivity contribution in [1.29, 1.82) is 0 Å². The number of methoxy groups -OCH3 is 1. The highest BCUT2D eigenvalue weighted by atomic mass is 32.2. The van der Waals surface area contributed by atoms with Gasteiger partial charge in [0.05, 0.1) is 19.0 Å². The van der Waals surface area contributed by atoms with Gasteiger partial charge in [-0.05, 0) is 12.1 Å². The second-order valence-electron chi connectivity index (χ2n) is 3.85. The molecule has 0 aromatic carbocycles. The number of aliphatic hydroxyl groups excluding tert-OH is 1. The number of carbonyl (C=O) groups excluding carboxylic acids is 1. The van der Waals surface area contributed by atoms with Crippen LogP contribution in [0.5, 0.6) is 0 Å². The Labute approximate surface area is 119 Å². The third-order valence-corrected chi connectivity index (χ3v) is 3.15. The molecule has 0 saturated carbocycles. The van der Waals surface area contributed by atoms with Crippen LogP contribution in [0.15, 0.2) is 16.5 Å². The van der Waals surface area contributed by atoms with Gasteiger partial charge in [0.25, 0.3) is 11.7 Å². The van der Waals surface area contributed by atoms with Crippen molar-refractivity contribution in [2.45, 2.75) is 11.5 Å². The third-order valence-electron chi connectivity index (χ3n) is 2.45. The van der Waals surface area contributed by atoms with E-state index in [-0.39, 0.29) is 24.7 Å². The number of rotatable bonds is 9. The summed E-state index contributed by atoms with van der Waals surface area (Å²) in [6.07, 6.45) is 0. The van der Waals surface area contributed by atoms with Gasteiger partial charge < -0.3 is 19.2 Å². The van der Waals surface area contributed by atoms with Crippen LogP contribution < -0.4 is 0 Å². The number of furan rings is 1. The molecule has 1 aromatic heterocycles. The third kappa shape index (κ3) is 5.48. The molecule has 0 aliphatic heterocycles. The van der Waals surface area contributed by atoms with Crippen LogP contribution in [0, 0.1) is 0 Å². The fourth-order valence-corrected chi connectivity index (χ4v) is 1.95. The van der Waals surface area contributed by atoms with E-state index >= 15 is 0 Å². The Morgan fingerprint density at radius 3 is 2.85 bits per heavy atom. The van der Waals surface area contributed by atoms with E-state index in [2.05, 4.69) is 0 Å².